The highest BCUT2D eigenvalue weighted by Crippen LogP contribution is 2.23. The molecule has 1 amide bonds. The smallest absolute Gasteiger partial charge is 0.227 e. The van der Waals surface area contributed by atoms with Crippen LogP contribution >= 0.6 is 12.4 Å². The molecule has 0 unspecified atom stereocenters. The van der Waals surface area contributed by atoms with E-state index in [4.69, 9.17) is 0 Å². The largest absolute Gasteiger partial charge is 0.342 e. The van der Waals surface area contributed by atoms with E-state index in [2.05, 4.69) is 63.3 Å². The normalized spacial score (nSPS) is 17.0. The lowest BCUT2D eigenvalue weighted by molar-refractivity contribution is -0.131. The van der Waals surface area contributed by atoms with Crippen molar-refractivity contribution in [1.29, 1.82) is 0 Å². The Morgan fingerprint density at radius 3 is 2.08 bits per heavy atom. The molecule has 2 aliphatic rings. The van der Waals surface area contributed by atoms with Crippen LogP contribution in [0.15, 0.2) is 42.5 Å². The zero-order valence-electron chi connectivity index (χ0n) is 23.4. The third-order valence-corrected chi connectivity index (χ3v) is 8.44. The Kier molecular flexibility index (Phi) is 14.5. The summed E-state index contributed by atoms with van der Waals surface area (Å²) in [4.78, 5) is 15.0. The molecule has 1 aliphatic carbocycles. The summed E-state index contributed by atoms with van der Waals surface area (Å²) in [5.41, 5.74) is 1.15. The van der Waals surface area contributed by atoms with E-state index in [9.17, 15) is 4.79 Å². The Balaban J connectivity index is 0.00000400. The van der Waals surface area contributed by atoms with Crippen LogP contribution in [0.2, 0.25) is 0 Å². The summed E-state index contributed by atoms with van der Waals surface area (Å²) in [6, 6.07) is 14.7. The SMILES string of the molecule is Cl.O=C(Cc1cccc2ccccc12)N1CCC(CNCCCCNCCCNCC2CCCCC2)CC1. The van der Waals surface area contributed by atoms with Gasteiger partial charge in [-0.25, -0.2) is 0 Å². The van der Waals surface area contributed by atoms with Gasteiger partial charge in [-0.05, 0) is 112 Å². The summed E-state index contributed by atoms with van der Waals surface area (Å²) >= 11 is 0. The first-order chi connectivity index (χ1) is 18.3. The highest BCUT2D eigenvalue weighted by molar-refractivity contribution is 5.90. The van der Waals surface area contributed by atoms with E-state index in [1.165, 1.54) is 68.7 Å². The minimum Gasteiger partial charge on any atom is -0.342 e. The van der Waals surface area contributed by atoms with Crippen LogP contribution < -0.4 is 16.0 Å². The number of likely N-dealkylation sites (tertiary alicyclic amines) is 1. The number of fused-ring (bicyclic) bond motifs is 1. The van der Waals surface area contributed by atoms with E-state index in [1.807, 2.05) is 0 Å². The number of carbonyl (C=O) groups excluding carboxylic acids is 1. The fraction of sp³-hybridized carbons (Fsp3) is 0.656. The van der Waals surface area contributed by atoms with Crippen molar-refractivity contribution in [2.24, 2.45) is 11.8 Å². The number of rotatable bonds is 15. The van der Waals surface area contributed by atoms with E-state index in [-0.39, 0.29) is 18.3 Å². The average molecular weight is 543 g/mol. The Morgan fingerprint density at radius 2 is 1.32 bits per heavy atom. The molecule has 1 saturated heterocycles. The lowest BCUT2D eigenvalue weighted by Crippen LogP contribution is -2.41. The topological polar surface area (TPSA) is 56.4 Å². The van der Waals surface area contributed by atoms with Gasteiger partial charge in [0, 0.05) is 13.1 Å². The molecule has 3 N–H and O–H groups in total. The van der Waals surface area contributed by atoms with Gasteiger partial charge in [0.15, 0.2) is 0 Å². The van der Waals surface area contributed by atoms with Gasteiger partial charge in [-0.1, -0.05) is 61.7 Å². The summed E-state index contributed by atoms with van der Waals surface area (Å²) < 4.78 is 0. The van der Waals surface area contributed by atoms with Gasteiger partial charge in [-0.3, -0.25) is 4.79 Å². The number of amides is 1. The molecule has 2 aromatic rings. The molecule has 1 aliphatic heterocycles. The number of hydrogen-bond donors (Lipinski definition) is 3. The molecule has 0 atom stereocenters. The van der Waals surface area contributed by atoms with Gasteiger partial charge in [0.1, 0.15) is 0 Å². The van der Waals surface area contributed by atoms with E-state index in [0.717, 1.165) is 70.1 Å². The highest BCUT2D eigenvalue weighted by atomic mass is 35.5. The number of carbonyl (C=O) groups is 1. The number of halogens is 1. The summed E-state index contributed by atoms with van der Waals surface area (Å²) in [5.74, 6) is 1.90. The molecule has 212 valence electrons. The molecule has 2 aromatic carbocycles. The highest BCUT2D eigenvalue weighted by Gasteiger charge is 2.23. The lowest BCUT2D eigenvalue weighted by Gasteiger charge is -2.32. The van der Waals surface area contributed by atoms with Gasteiger partial charge in [-0.2, -0.15) is 0 Å². The van der Waals surface area contributed by atoms with Crippen LogP contribution in [-0.2, 0) is 11.2 Å². The molecular weight excluding hydrogens is 492 g/mol. The van der Waals surface area contributed by atoms with Crippen molar-refractivity contribution >= 4 is 29.1 Å². The minimum absolute atomic E-state index is 0. The van der Waals surface area contributed by atoms with Crippen molar-refractivity contribution in [2.45, 2.75) is 70.6 Å². The number of hydrogen-bond acceptors (Lipinski definition) is 4. The quantitative estimate of drug-likeness (QED) is 0.258. The maximum Gasteiger partial charge on any atom is 0.227 e. The lowest BCUT2D eigenvalue weighted by atomic mass is 9.89. The molecule has 0 spiro atoms. The van der Waals surface area contributed by atoms with E-state index in [0.29, 0.717) is 12.3 Å². The van der Waals surface area contributed by atoms with Crippen molar-refractivity contribution in [3.8, 4) is 0 Å². The number of nitrogens with zero attached hydrogens (tertiary/aromatic N) is 1. The second-order valence-electron chi connectivity index (χ2n) is 11.4. The predicted molar refractivity (Wildman–Crippen MR) is 163 cm³/mol. The van der Waals surface area contributed by atoms with Crippen LogP contribution in [0.5, 0.6) is 0 Å². The molecule has 1 saturated carbocycles. The van der Waals surface area contributed by atoms with E-state index < -0.39 is 0 Å². The van der Waals surface area contributed by atoms with Crippen LogP contribution in [0.1, 0.15) is 69.8 Å². The molecular formula is C32H51ClN4O. The maximum absolute atomic E-state index is 12.9. The van der Waals surface area contributed by atoms with Gasteiger partial charge in [0.25, 0.3) is 0 Å². The van der Waals surface area contributed by atoms with Crippen LogP contribution in [-0.4, -0.2) is 63.2 Å². The zero-order chi connectivity index (χ0) is 25.5. The first-order valence-corrected chi connectivity index (χ1v) is 15.2. The fourth-order valence-corrected chi connectivity index (χ4v) is 6.07. The van der Waals surface area contributed by atoms with Gasteiger partial charge in [0.05, 0.1) is 6.42 Å². The summed E-state index contributed by atoms with van der Waals surface area (Å²) in [6.45, 7) is 8.62. The van der Waals surface area contributed by atoms with Crippen LogP contribution in [0.4, 0.5) is 0 Å². The zero-order valence-corrected chi connectivity index (χ0v) is 24.2. The van der Waals surface area contributed by atoms with Crippen LogP contribution in [0, 0.1) is 11.8 Å². The molecule has 0 aromatic heterocycles. The fourth-order valence-electron chi connectivity index (χ4n) is 6.07. The minimum atomic E-state index is 0. The number of unbranched alkanes of at least 4 members (excludes halogenated alkanes) is 1. The third-order valence-electron chi connectivity index (χ3n) is 8.44. The molecule has 2 fully saturated rings. The molecule has 5 nitrogen and oxygen atoms in total. The molecule has 0 radical (unpaired) electrons. The van der Waals surface area contributed by atoms with Gasteiger partial charge in [0.2, 0.25) is 5.91 Å². The van der Waals surface area contributed by atoms with Crippen LogP contribution in [0.3, 0.4) is 0 Å². The molecule has 38 heavy (non-hydrogen) atoms. The van der Waals surface area contributed by atoms with E-state index >= 15 is 0 Å². The summed E-state index contributed by atoms with van der Waals surface area (Å²) in [7, 11) is 0. The van der Waals surface area contributed by atoms with Crippen molar-refractivity contribution in [3.05, 3.63) is 48.0 Å². The molecule has 0 bridgehead atoms. The number of benzene rings is 2. The second kappa shape index (κ2) is 17.8. The molecule has 6 heteroatoms. The summed E-state index contributed by atoms with van der Waals surface area (Å²) in [5, 5.41) is 13.3. The number of nitrogens with one attached hydrogen (secondary N) is 3. The van der Waals surface area contributed by atoms with Gasteiger partial charge < -0.3 is 20.9 Å². The average Bonchev–Trinajstić information content (AvgIpc) is 2.94. The Bertz CT molecular complexity index is 919. The van der Waals surface area contributed by atoms with Crippen molar-refractivity contribution in [3.63, 3.8) is 0 Å². The van der Waals surface area contributed by atoms with Crippen molar-refractivity contribution < 1.29 is 4.79 Å². The summed E-state index contributed by atoms with van der Waals surface area (Å²) in [6.07, 6.45) is 13.6. The van der Waals surface area contributed by atoms with Crippen molar-refractivity contribution in [2.75, 3.05) is 52.4 Å². The third kappa shape index (κ3) is 10.5. The Hall–Kier alpha value is -1.66. The maximum atomic E-state index is 12.9. The first-order valence-electron chi connectivity index (χ1n) is 15.2. The molecule has 1 heterocycles. The van der Waals surface area contributed by atoms with E-state index in [1.54, 1.807) is 0 Å². The van der Waals surface area contributed by atoms with Gasteiger partial charge in [-0.15, -0.1) is 12.4 Å². The Morgan fingerprint density at radius 1 is 0.711 bits per heavy atom. The monoisotopic (exact) mass is 542 g/mol. The standard InChI is InChI=1S/C32H50N4O.ClH/c37-32(24-30-14-8-13-29-12-4-5-15-31(29)30)36-22-16-28(17-23-36)26-34-19-7-6-18-33-20-9-21-35-25-27-10-2-1-3-11-27;/h4-5,8,12-15,27-28,33-35H,1-3,6-7,9-11,16-26H2;1H. The number of piperidine rings is 1. The predicted octanol–water partition coefficient (Wildman–Crippen LogP) is 5.56. The van der Waals surface area contributed by atoms with Crippen LogP contribution in [0.25, 0.3) is 10.8 Å². The Labute approximate surface area is 237 Å². The van der Waals surface area contributed by atoms with Gasteiger partial charge >= 0.3 is 0 Å². The molecule has 4 rings (SSSR count). The van der Waals surface area contributed by atoms with Crippen molar-refractivity contribution in [1.82, 2.24) is 20.9 Å². The first kappa shape index (κ1) is 30.9. The second-order valence-corrected chi connectivity index (χ2v) is 11.4.